The highest BCUT2D eigenvalue weighted by atomic mass is 79.9. The van der Waals surface area contributed by atoms with Gasteiger partial charge in [0.25, 0.3) is 0 Å². The summed E-state index contributed by atoms with van der Waals surface area (Å²) in [5.41, 5.74) is 6.73. The fourth-order valence-corrected chi connectivity index (χ4v) is 2.31. The Labute approximate surface area is 85.4 Å². The molecule has 0 aromatic carbocycles. The molecule has 0 atom stereocenters. The van der Waals surface area contributed by atoms with Gasteiger partial charge in [-0.1, -0.05) is 6.08 Å². The molecule has 2 N–H and O–H groups in total. The van der Waals surface area contributed by atoms with Crippen molar-refractivity contribution < 1.29 is 0 Å². The van der Waals surface area contributed by atoms with Crippen molar-refractivity contribution in [3.05, 3.63) is 26.9 Å². The van der Waals surface area contributed by atoms with Gasteiger partial charge in [-0.25, -0.2) is 0 Å². The topological polar surface area (TPSA) is 26.0 Å². The molecule has 0 saturated heterocycles. The van der Waals surface area contributed by atoms with Crippen molar-refractivity contribution >= 4 is 32.8 Å². The number of hydrogen-bond donors (Lipinski definition) is 1. The van der Waals surface area contributed by atoms with Crippen molar-refractivity contribution in [3.8, 4) is 0 Å². The van der Waals surface area contributed by atoms with Gasteiger partial charge in [0.05, 0.1) is 3.79 Å². The average molecular weight is 246 g/mol. The summed E-state index contributed by atoms with van der Waals surface area (Å²) >= 11 is 5.19. The van der Waals surface area contributed by atoms with Crippen LogP contribution in [0, 0.1) is 0 Å². The van der Waals surface area contributed by atoms with E-state index in [2.05, 4.69) is 41.1 Å². The molecule has 0 aliphatic heterocycles. The summed E-state index contributed by atoms with van der Waals surface area (Å²) < 4.78 is 1.18. The summed E-state index contributed by atoms with van der Waals surface area (Å²) in [6.45, 7) is 2.85. The summed E-state index contributed by atoms with van der Waals surface area (Å²) in [6, 6.07) is 4.19. The van der Waals surface area contributed by atoms with Crippen LogP contribution in [0.4, 0.5) is 0 Å². The van der Waals surface area contributed by atoms with Gasteiger partial charge in [-0.2, -0.15) is 0 Å². The quantitative estimate of drug-likeness (QED) is 0.870. The van der Waals surface area contributed by atoms with Crippen LogP contribution in [0.25, 0.3) is 5.57 Å². The molecule has 1 aromatic rings. The highest BCUT2D eigenvalue weighted by Crippen LogP contribution is 2.27. The third-order valence-corrected chi connectivity index (χ3v) is 3.34. The van der Waals surface area contributed by atoms with E-state index in [1.807, 2.05) is 0 Å². The molecule has 66 valence electrons. The van der Waals surface area contributed by atoms with E-state index in [1.165, 1.54) is 14.2 Å². The van der Waals surface area contributed by atoms with Crippen LogP contribution in [0.2, 0.25) is 0 Å². The first-order valence-electron chi connectivity index (χ1n) is 3.86. The molecule has 1 rings (SSSR count). The standard InChI is InChI=1S/C9H12BrNS/c1-7(3-2-6-11)8-4-5-9(10)12-8/h3-5H,2,6,11H2,1H3. The van der Waals surface area contributed by atoms with Crippen molar-refractivity contribution in [1.29, 1.82) is 0 Å². The van der Waals surface area contributed by atoms with Crippen LogP contribution < -0.4 is 5.73 Å². The average Bonchev–Trinajstić information content (AvgIpc) is 2.47. The van der Waals surface area contributed by atoms with E-state index >= 15 is 0 Å². The molecule has 0 unspecified atom stereocenters. The lowest BCUT2D eigenvalue weighted by atomic mass is 10.2. The van der Waals surface area contributed by atoms with Crippen molar-refractivity contribution in [2.75, 3.05) is 6.54 Å². The van der Waals surface area contributed by atoms with Crippen LogP contribution >= 0.6 is 27.3 Å². The van der Waals surface area contributed by atoms with E-state index in [1.54, 1.807) is 11.3 Å². The van der Waals surface area contributed by atoms with Crippen LogP contribution in [0.5, 0.6) is 0 Å². The van der Waals surface area contributed by atoms with Crippen LogP contribution in [-0.2, 0) is 0 Å². The minimum atomic E-state index is 0.726. The maximum Gasteiger partial charge on any atom is 0.0704 e. The van der Waals surface area contributed by atoms with Crippen LogP contribution in [0.1, 0.15) is 18.2 Å². The molecule has 0 spiro atoms. The minimum Gasteiger partial charge on any atom is -0.330 e. The van der Waals surface area contributed by atoms with Crippen molar-refractivity contribution in [3.63, 3.8) is 0 Å². The molecule has 12 heavy (non-hydrogen) atoms. The fourth-order valence-electron chi connectivity index (χ4n) is 0.927. The van der Waals surface area contributed by atoms with Crippen molar-refractivity contribution in [2.24, 2.45) is 5.73 Å². The second kappa shape index (κ2) is 4.80. The number of nitrogens with two attached hydrogens (primary N) is 1. The van der Waals surface area contributed by atoms with Gasteiger partial charge in [-0.05, 0) is 53.5 Å². The summed E-state index contributed by atoms with van der Waals surface area (Å²) in [6.07, 6.45) is 3.14. The third-order valence-electron chi connectivity index (χ3n) is 1.58. The first-order chi connectivity index (χ1) is 5.74. The van der Waals surface area contributed by atoms with Gasteiger partial charge in [0.1, 0.15) is 0 Å². The molecule has 0 amide bonds. The number of rotatable bonds is 3. The van der Waals surface area contributed by atoms with Gasteiger partial charge in [0.2, 0.25) is 0 Å². The molecule has 0 aliphatic rings. The van der Waals surface area contributed by atoms with Crippen molar-refractivity contribution in [2.45, 2.75) is 13.3 Å². The van der Waals surface area contributed by atoms with E-state index in [9.17, 15) is 0 Å². The molecule has 0 fully saturated rings. The normalized spacial score (nSPS) is 12.1. The van der Waals surface area contributed by atoms with Gasteiger partial charge < -0.3 is 5.73 Å². The predicted molar refractivity (Wildman–Crippen MR) is 59.3 cm³/mol. The van der Waals surface area contributed by atoms with E-state index in [-0.39, 0.29) is 0 Å². The van der Waals surface area contributed by atoms with Crippen LogP contribution in [0.15, 0.2) is 22.0 Å². The Morgan fingerprint density at radius 1 is 1.67 bits per heavy atom. The Kier molecular flexibility index (Phi) is 3.98. The van der Waals surface area contributed by atoms with E-state index < -0.39 is 0 Å². The Balaban J connectivity index is 2.70. The SMILES string of the molecule is CC(=CCCN)c1ccc(Br)s1. The predicted octanol–water partition coefficient (Wildman–Crippen LogP) is 3.26. The lowest BCUT2D eigenvalue weighted by Gasteiger charge is -1.94. The Hall–Kier alpha value is -0.120. The summed E-state index contributed by atoms with van der Waals surface area (Å²) in [7, 11) is 0. The summed E-state index contributed by atoms with van der Waals surface area (Å²) in [5.74, 6) is 0. The van der Waals surface area contributed by atoms with Gasteiger partial charge in [-0.15, -0.1) is 11.3 Å². The monoisotopic (exact) mass is 245 g/mol. The fraction of sp³-hybridized carbons (Fsp3) is 0.333. The zero-order valence-electron chi connectivity index (χ0n) is 7.01. The lowest BCUT2D eigenvalue weighted by molar-refractivity contribution is 1.01. The molecule has 0 aliphatic carbocycles. The number of allylic oxidation sites excluding steroid dienone is 1. The van der Waals surface area contributed by atoms with Crippen LogP contribution in [-0.4, -0.2) is 6.54 Å². The van der Waals surface area contributed by atoms with Crippen LogP contribution in [0.3, 0.4) is 0 Å². The van der Waals surface area contributed by atoms with Gasteiger partial charge in [-0.3, -0.25) is 0 Å². The summed E-state index contributed by atoms with van der Waals surface area (Å²) in [5, 5.41) is 0. The smallest absolute Gasteiger partial charge is 0.0704 e. The molecule has 1 aromatic heterocycles. The zero-order valence-corrected chi connectivity index (χ0v) is 9.41. The molecule has 1 nitrogen and oxygen atoms in total. The number of thiophene rings is 1. The first kappa shape index (κ1) is 9.96. The molecule has 1 heterocycles. The Bertz CT molecular complexity index is 278. The summed E-state index contributed by atoms with van der Waals surface area (Å²) in [4.78, 5) is 1.32. The van der Waals surface area contributed by atoms with E-state index in [4.69, 9.17) is 5.73 Å². The highest BCUT2D eigenvalue weighted by Gasteiger charge is 1.98. The second-order valence-electron chi connectivity index (χ2n) is 2.57. The highest BCUT2D eigenvalue weighted by molar-refractivity contribution is 9.11. The molecule has 0 saturated carbocycles. The number of halogens is 1. The maximum absolute atomic E-state index is 5.41. The van der Waals surface area contributed by atoms with E-state index in [0.717, 1.165) is 13.0 Å². The van der Waals surface area contributed by atoms with Gasteiger partial charge in [0.15, 0.2) is 0 Å². The van der Waals surface area contributed by atoms with Gasteiger partial charge in [0, 0.05) is 4.88 Å². The Morgan fingerprint density at radius 3 is 2.92 bits per heavy atom. The molecule has 0 radical (unpaired) electrons. The van der Waals surface area contributed by atoms with E-state index in [0.29, 0.717) is 0 Å². The molecule has 0 bridgehead atoms. The lowest BCUT2D eigenvalue weighted by Crippen LogP contribution is -1.95. The minimum absolute atomic E-state index is 0.726. The van der Waals surface area contributed by atoms with Crippen molar-refractivity contribution in [1.82, 2.24) is 0 Å². The molecule has 3 heteroatoms. The maximum atomic E-state index is 5.41. The molecular formula is C9H12BrNS. The van der Waals surface area contributed by atoms with Gasteiger partial charge >= 0.3 is 0 Å². The Morgan fingerprint density at radius 2 is 2.42 bits per heavy atom. The first-order valence-corrected chi connectivity index (χ1v) is 5.47. The third kappa shape index (κ3) is 2.73. The number of hydrogen-bond acceptors (Lipinski definition) is 2. The largest absolute Gasteiger partial charge is 0.330 e. The second-order valence-corrected chi connectivity index (χ2v) is 5.03. The molecular weight excluding hydrogens is 234 g/mol. The zero-order chi connectivity index (χ0) is 8.97.